The zero-order chi connectivity index (χ0) is 21.7. The number of nitrogens with zero attached hydrogens (tertiary/aromatic N) is 7. The lowest BCUT2D eigenvalue weighted by Gasteiger charge is -2.33. The van der Waals surface area contributed by atoms with Gasteiger partial charge in [-0.05, 0) is 18.2 Å². The number of likely N-dealkylation sites (tertiary alicyclic amines) is 1. The summed E-state index contributed by atoms with van der Waals surface area (Å²) >= 11 is 0. The average Bonchev–Trinajstić information content (AvgIpc) is 3.53. The molecule has 0 aliphatic carbocycles. The van der Waals surface area contributed by atoms with E-state index in [2.05, 4.69) is 25.3 Å². The first-order chi connectivity index (χ1) is 15.7. The van der Waals surface area contributed by atoms with Crippen LogP contribution in [-0.4, -0.2) is 77.8 Å². The van der Waals surface area contributed by atoms with Crippen molar-refractivity contribution in [3.05, 3.63) is 65.7 Å². The van der Waals surface area contributed by atoms with Crippen LogP contribution in [0.25, 0.3) is 5.52 Å². The van der Waals surface area contributed by atoms with Gasteiger partial charge in [-0.15, -0.1) is 10.2 Å². The lowest BCUT2D eigenvalue weighted by molar-refractivity contribution is 0.0627. The maximum Gasteiger partial charge on any atom is 0.312 e. The first kappa shape index (κ1) is 19.1. The molecular formula is C21H21FN8O2. The van der Waals surface area contributed by atoms with Gasteiger partial charge in [-0.2, -0.15) is 5.10 Å². The number of carbonyl (C=O) groups excluding carboxylic acids is 1. The molecular weight excluding hydrogens is 415 g/mol. The van der Waals surface area contributed by atoms with Gasteiger partial charge in [0, 0.05) is 50.9 Å². The van der Waals surface area contributed by atoms with E-state index in [-0.39, 0.29) is 11.8 Å². The fourth-order valence-corrected chi connectivity index (χ4v) is 4.39. The second-order valence-electron chi connectivity index (χ2n) is 8.16. The number of rotatable bonds is 5. The highest BCUT2D eigenvalue weighted by molar-refractivity contribution is 5.90. The quantitative estimate of drug-likeness (QED) is 0.504. The second-order valence-corrected chi connectivity index (χ2v) is 8.16. The summed E-state index contributed by atoms with van der Waals surface area (Å²) in [4.78, 5) is 24.7. The van der Waals surface area contributed by atoms with E-state index in [1.807, 2.05) is 35.4 Å². The Morgan fingerprint density at radius 1 is 1.28 bits per heavy atom. The highest BCUT2D eigenvalue weighted by atomic mass is 19.1. The fourth-order valence-electron chi connectivity index (χ4n) is 4.39. The molecule has 4 aromatic heterocycles. The minimum Gasteiger partial charge on any atom is -0.417 e. The molecule has 2 aliphatic rings. The van der Waals surface area contributed by atoms with Crippen molar-refractivity contribution in [2.45, 2.75) is 25.1 Å². The number of alkyl halides is 1. The lowest BCUT2D eigenvalue weighted by Crippen LogP contribution is -2.48. The van der Waals surface area contributed by atoms with Crippen molar-refractivity contribution in [3.63, 3.8) is 0 Å². The molecule has 0 radical (unpaired) electrons. The lowest BCUT2D eigenvalue weighted by atomic mass is 9.99. The van der Waals surface area contributed by atoms with Crippen molar-refractivity contribution in [2.24, 2.45) is 0 Å². The molecule has 10 nitrogen and oxygen atoms in total. The highest BCUT2D eigenvalue weighted by Gasteiger charge is 2.38. The molecule has 0 bridgehead atoms. The summed E-state index contributed by atoms with van der Waals surface area (Å²) in [5, 5.41) is 12.7. The van der Waals surface area contributed by atoms with Crippen LogP contribution in [0.3, 0.4) is 0 Å². The van der Waals surface area contributed by atoms with E-state index in [1.54, 1.807) is 15.7 Å². The molecule has 0 spiro atoms. The Morgan fingerprint density at radius 3 is 3.03 bits per heavy atom. The normalized spacial score (nSPS) is 19.3. The molecule has 11 heteroatoms. The van der Waals surface area contributed by atoms with Crippen LogP contribution in [0.1, 0.15) is 39.7 Å². The Balaban J connectivity index is 1.27. The summed E-state index contributed by atoms with van der Waals surface area (Å²) in [6, 6.07) is 7.30. The Hall–Kier alpha value is -3.60. The summed E-state index contributed by atoms with van der Waals surface area (Å²) in [5.41, 5.74) is 3.41. The number of nitrogens with one attached hydrogen (secondary N) is 1. The van der Waals surface area contributed by atoms with Gasteiger partial charge in [-0.3, -0.25) is 9.69 Å². The van der Waals surface area contributed by atoms with Crippen molar-refractivity contribution in [1.29, 1.82) is 0 Å². The Kier molecular flexibility index (Phi) is 4.49. The van der Waals surface area contributed by atoms with Crippen molar-refractivity contribution in [2.75, 3.05) is 26.2 Å². The third kappa shape index (κ3) is 3.25. The standard InChI is InChI=1S/C21H21FN8O2/c22-13-10-28(11-13)7-5-17-25-26-20(32-17)21(31)29-8-4-15-18(24-12-23-15)19(29)16-9-14-3-1-2-6-30(14)27-16/h1-3,6,9,12-13,19H,4-5,7-8,10-11H2,(H,23,24). The minimum absolute atomic E-state index is 0.0558. The van der Waals surface area contributed by atoms with Crippen LogP contribution in [0.4, 0.5) is 4.39 Å². The second kappa shape index (κ2) is 7.52. The third-order valence-corrected chi connectivity index (χ3v) is 6.06. The number of pyridine rings is 1. The zero-order valence-corrected chi connectivity index (χ0v) is 17.2. The van der Waals surface area contributed by atoms with Crippen LogP contribution in [-0.2, 0) is 12.8 Å². The van der Waals surface area contributed by atoms with Crippen molar-refractivity contribution < 1.29 is 13.6 Å². The van der Waals surface area contributed by atoms with Gasteiger partial charge in [0.05, 0.1) is 23.2 Å². The van der Waals surface area contributed by atoms with Gasteiger partial charge >= 0.3 is 11.8 Å². The fraction of sp³-hybridized carbons (Fsp3) is 0.381. The van der Waals surface area contributed by atoms with Crippen LogP contribution in [0.15, 0.2) is 41.2 Å². The Labute approximate surface area is 182 Å². The zero-order valence-electron chi connectivity index (χ0n) is 17.2. The molecule has 1 unspecified atom stereocenters. The number of fused-ring (bicyclic) bond motifs is 2. The molecule has 2 aliphatic heterocycles. The topological polar surface area (TPSA) is 108 Å². The smallest absolute Gasteiger partial charge is 0.312 e. The van der Waals surface area contributed by atoms with E-state index in [4.69, 9.17) is 4.42 Å². The Morgan fingerprint density at radius 2 is 2.19 bits per heavy atom. The van der Waals surface area contributed by atoms with Crippen molar-refractivity contribution in [1.82, 2.24) is 39.6 Å². The molecule has 1 fully saturated rings. The van der Waals surface area contributed by atoms with Gasteiger partial charge in [0.25, 0.3) is 0 Å². The average molecular weight is 436 g/mol. The monoisotopic (exact) mass is 436 g/mol. The van der Waals surface area contributed by atoms with Crippen LogP contribution < -0.4 is 0 Å². The van der Waals surface area contributed by atoms with E-state index < -0.39 is 12.2 Å². The molecule has 1 amide bonds. The maximum absolute atomic E-state index is 13.4. The number of amides is 1. The predicted molar refractivity (Wildman–Crippen MR) is 110 cm³/mol. The number of imidazole rings is 1. The first-order valence-corrected chi connectivity index (χ1v) is 10.6. The molecule has 1 atom stereocenters. The van der Waals surface area contributed by atoms with Crippen LogP contribution in [0, 0.1) is 0 Å². The van der Waals surface area contributed by atoms with Gasteiger partial charge in [0.15, 0.2) is 0 Å². The number of halogens is 1. The maximum atomic E-state index is 13.4. The van der Waals surface area contributed by atoms with E-state index in [0.717, 1.165) is 22.6 Å². The number of H-pyrrole nitrogens is 1. The molecule has 1 saturated heterocycles. The molecule has 6 heterocycles. The Bertz CT molecular complexity index is 1240. The van der Waals surface area contributed by atoms with E-state index in [9.17, 15) is 9.18 Å². The first-order valence-electron chi connectivity index (χ1n) is 10.6. The summed E-state index contributed by atoms with van der Waals surface area (Å²) < 4.78 is 20.4. The van der Waals surface area contributed by atoms with Gasteiger partial charge in [0.1, 0.15) is 12.2 Å². The number of hydrogen-bond acceptors (Lipinski definition) is 7. The van der Waals surface area contributed by atoms with Gasteiger partial charge in [0.2, 0.25) is 5.89 Å². The minimum atomic E-state index is -0.752. The van der Waals surface area contributed by atoms with Gasteiger partial charge in [-0.1, -0.05) is 6.07 Å². The molecule has 0 saturated carbocycles. The predicted octanol–water partition coefficient (Wildman–Crippen LogP) is 1.42. The van der Waals surface area contributed by atoms with Crippen molar-refractivity contribution >= 4 is 11.4 Å². The summed E-state index contributed by atoms with van der Waals surface area (Å²) in [5.74, 6) is -0.0376. The van der Waals surface area contributed by atoms with E-state index >= 15 is 0 Å². The summed E-state index contributed by atoms with van der Waals surface area (Å²) in [6.45, 7) is 1.96. The number of carbonyl (C=O) groups is 1. The van der Waals surface area contributed by atoms with Gasteiger partial charge in [-0.25, -0.2) is 13.9 Å². The SMILES string of the molecule is O=C(c1nnc(CCN2CC(F)C2)o1)N1CCc2[nH]cnc2C1c1cc2ccccn2n1. The molecule has 4 aromatic rings. The van der Waals surface area contributed by atoms with E-state index in [0.29, 0.717) is 44.9 Å². The summed E-state index contributed by atoms with van der Waals surface area (Å²) in [7, 11) is 0. The van der Waals surface area contributed by atoms with Crippen LogP contribution in [0.5, 0.6) is 0 Å². The number of aromatic nitrogens is 6. The van der Waals surface area contributed by atoms with Crippen molar-refractivity contribution in [3.8, 4) is 0 Å². The molecule has 1 N–H and O–H groups in total. The van der Waals surface area contributed by atoms with Crippen LogP contribution in [0.2, 0.25) is 0 Å². The summed E-state index contributed by atoms with van der Waals surface area (Å²) in [6.07, 6.45) is 3.88. The van der Waals surface area contributed by atoms with Crippen LogP contribution >= 0.6 is 0 Å². The molecule has 32 heavy (non-hydrogen) atoms. The highest BCUT2D eigenvalue weighted by Crippen LogP contribution is 2.34. The molecule has 6 rings (SSSR count). The largest absolute Gasteiger partial charge is 0.417 e. The number of aromatic amines is 1. The number of hydrogen-bond donors (Lipinski definition) is 1. The molecule has 0 aromatic carbocycles. The van der Waals surface area contributed by atoms with E-state index in [1.165, 1.54) is 0 Å². The third-order valence-electron chi connectivity index (χ3n) is 6.06. The van der Waals surface area contributed by atoms with Gasteiger partial charge < -0.3 is 14.3 Å². The molecule has 164 valence electrons.